The number of nitriles is 1. The average molecular weight is 540 g/mol. The highest BCUT2D eigenvalue weighted by atomic mass is 19.1. The Labute approximate surface area is 234 Å². The van der Waals surface area contributed by atoms with Crippen molar-refractivity contribution < 1.29 is 14.0 Å². The predicted molar refractivity (Wildman–Crippen MR) is 153 cm³/mol. The van der Waals surface area contributed by atoms with Gasteiger partial charge in [-0.25, -0.2) is 9.37 Å². The Hall–Kier alpha value is -4.25. The molecule has 0 bridgehead atoms. The van der Waals surface area contributed by atoms with Crippen molar-refractivity contribution in [3.05, 3.63) is 87.9 Å². The Morgan fingerprint density at radius 3 is 2.50 bits per heavy atom. The van der Waals surface area contributed by atoms with Crippen molar-refractivity contribution in [3.63, 3.8) is 0 Å². The van der Waals surface area contributed by atoms with Crippen LogP contribution in [0.25, 0.3) is 0 Å². The molecule has 7 nitrogen and oxygen atoms in total. The molecule has 0 unspecified atom stereocenters. The van der Waals surface area contributed by atoms with Gasteiger partial charge in [-0.05, 0) is 98.5 Å². The van der Waals surface area contributed by atoms with E-state index in [9.17, 15) is 19.2 Å². The molecular weight excluding hydrogens is 505 g/mol. The van der Waals surface area contributed by atoms with Crippen LogP contribution in [0.15, 0.2) is 48.7 Å². The number of carbonyl (C=O) groups is 2. The maximum Gasteiger partial charge on any atom is 0.254 e. The van der Waals surface area contributed by atoms with Crippen molar-refractivity contribution in [2.75, 3.05) is 42.5 Å². The van der Waals surface area contributed by atoms with Crippen LogP contribution in [0.1, 0.15) is 51.0 Å². The van der Waals surface area contributed by atoms with E-state index in [1.54, 1.807) is 22.1 Å². The number of nitrogens with zero attached hydrogens (tertiary/aromatic N) is 5. The molecule has 2 amide bonds. The van der Waals surface area contributed by atoms with Crippen molar-refractivity contribution in [1.29, 1.82) is 5.26 Å². The molecule has 0 spiro atoms. The fraction of sp³-hybridized carbons (Fsp3) is 0.375. The van der Waals surface area contributed by atoms with Gasteiger partial charge < -0.3 is 9.80 Å². The predicted octanol–water partition coefficient (Wildman–Crippen LogP) is 4.97. The van der Waals surface area contributed by atoms with Gasteiger partial charge in [0.2, 0.25) is 5.91 Å². The van der Waals surface area contributed by atoms with E-state index in [-0.39, 0.29) is 18.4 Å². The Bertz CT molecular complexity index is 1470. The topological polar surface area (TPSA) is 80.5 Å². The molecule has 3 aromatic rings. The van der Waals surface area contributed by atoms with E-state index in [1.807, 2.05) is 32.0 Å². The summed E-state index contributed by atoms with van der Waals surface area (Å²) in [7, 11) is 0. The molecule has 0 N–H and O–H groups in total. The third kappa shape index (κ3) is 5.42. The summed E-state index contributed by atoms with van der Waals surface area (Å²) in [4.78, 5) is 36.4. The number of rotatable bonds is 5. The van der Waals surface area contributed by atoms with Gasteiger partial charge in [-0.3, -0.25) is 14.5 Å². The number of pyridine rings is 1. The third-order valence-corrected chi connectivity index (χ3v) is 8.31. The molecule has 3 heterocycles. The quantitative estimate of drug-likeness (QED) is 0.458. The van der Waals surface area contributed by atoms with Crippen LogP contribution in [0, 0.1) is 43.8 Å². The number of amides is 2. The number of halogens is 1. The highest BCUT2D eigenvalue weighted by molar-refractivity contribution is 6.02. The van der Waals surface area contributed by atoms with Crippen molar-refractivity contribution in [2.45, 2.75) is 40.0 Å². The van der Waals surface area contributed by atoms with Crippen LogP contribution >= 0.6 is 0 Å². The van der Waals surface area contributed by atoms with Crippen LogP contribution in [-0.2, 0) is 11.2 Å². The maximum atomic E-state index is 13.7. The highest BCUT2D eigenvalue weighted by Crippen LogP contribution is 2.32. The second-order valence-corrected chi connectivity index (χ2v) is 10.9. The molecule has 8 heteroatoms. The van der Waals surface area contributed by atoms with Gasteiger partial charge in [-0.2, -0.15) is 5.26 Å². The summed E-state index contributed by atoms with van der Waals surface area (Å²) in [5.41, 5.74) is 6.15. The van der Waals surface area contributed by atoms with Crippen molar-refractivity contribution in [3.8, 4) is 6.07 Å². The molecule has 5 rings (SSSR count). The lowest BCUT2D eigenvalue weighted by Crippen LogP contribution is -2.52. The smallest absolute Gasteiger partial charge is 0.254 e. The first-order valence-corrected chi connectivity index (χ1v) is 13.8. The molecule has 0 aliphatic carbocycles. The lowest BCUT2D eigenvalue weighted by Gasteiger charge is -2.35. The Morgan fingerprint density at radius 1 is 1.05 bits per heavy atom. The molecule has 2 aliphatic rings. The van der Waals surface area contributed by atoms with Crippen LogP contribution in [0.2, 0.25) is 0 Å². The van der Waals surface area contributed by atoms with E-state index in [0.717, 1.165) is 49.2 Å². The third-order valence-electron chi connectivity index (χ3n) is 8.31. The summed E-state index contributed by atoms with van der Waals surface area (Å²) in [5.74, 6) is 0.423. The number of piperidine rings is 1. The number of aryl methyl sites for hydroxylation is 2. The van der Waals surface area contributed by atoms with Crippen LogP contribution in [0.5, 0.6) is 0 Å². The highest BCUT2D eigenvalue weighted by Gasteiger charge is 2.31. The van der Waals surface area contributed by atoms with Crippen molar-refractivity contribution >= 4 is 23.3 Å². The average Bonchev–Trinajstić information content (AvgIpc) is 2.95. The summed E-state index contributed by atoms with van der Waals surface area (Å²) in [5, 5.41) is 9.45. The second kappa shape index (κ2) is 11.5. The zero-order chi connectivity index (χ0) is 28.4. The maximum absolute atomic E-state index is 13.7. The molecule has 0 saturated carbocycles. The Kier molecular flexibility index (Phi) is 7.83. The lowest BCUT2D eigenvalue weighted by atomic mass is 9.83. The number of aromatic nitrogens is 1. The molecule has 0 radical (unpaired) electrons. The van der Waals surface area contributed by atoms with Crippen LogP contribution in [0.4, 0.5) is 15.9 Å². The van der Waals surface area contributed by atoms with Gasteiger partial charge in [0, 0.05) is 37.9 Å². The van der Waals surface area contributed by atoms with Gasteiger partial charge in [-0.1, -0.05) is 12.1 Å². The Balaban J connectivity index is 1.28. The number of anilines is 2. The van der Waals surface area contributed by atoms with Gasteiger partial charge in [0.15, 0.2) is 0 Å². The van der Waals surface area contributed by atoms with Crippen LogP contribution in [0.3, 0.4) is 0 Å². The number of benzene rings is 2. The zero-order valence-corrected chi connectivity index (χ0v) is 23.3. The van der Waals surface area contributed by atoms with Crippen LogP contribution in [-0.4, -0.2) is 54.4 Å². The molecule has 1 aromatic heterocycles. The van der Waals surface area contributed by atoms with E-state index in [0.29, 0.717) is 36.0 Å². The van der Waals surface area contributed by atoms with E-state index >= 15 is 0 Å². The number of hydrogen-bond acceptors (Lipinski definition) is 5. The molecule has 2 saturated heterocycles. The molecule has 2 fully saturated rings. The summed E-state index contributed by atoms with van der Waals surface area (Å²) >= 11 is 0. The van der Waals surface area contributed by atoms with Crippen LogP contribution < -0.4 is 9.80 Å². The van der Waals surface area contributed by atoms with Gasteiger partial charge >= 0.3 is 0 Å². The minimum absolute atomic E-state index is 0.0318. The van der Waals surface area contributed by atoms with Gasteiger partial charge in [0.1, 0.15) is 24.2 Å². The molecular formula is C32H34FN5O2. The summed E-state index contributed by atoms with van der Waals surface area (Å²) in [6.45, 7) is 8.59. The van der Waals surface area contributed by atoms with E-state index in [2.05, 4.69) is 28.9 Å². The van der Waals surface area contributed by atoms with Gasteiger partial charge in [0.25, 0.3) is 5.91 Å². The first-order chi connectivity index (χ1) is 19.3. The van der Waals surface area contributed by atoms with E-state index in [4.69, 9.17) is 0 Å². The Morgan fingerprint density at radius 2 is 1.82 bits per heavy atom. The SMILES string of the molecule is Cc1cc(C)c(C(=O)N2CCN(c3ccccn3)C(=O)C2)c(C)c1CC1CCN(c2ccc(F)cc2C#N)CC1. The fourth-order valence-corrected chi connectivity index (χ4v) is 6.17. The first kappa shape index (κ1) is 27.3. The monoisotopic (exact) mass is 539 g/mol. The number of piperazine rings is 1. The minimum atomic E-state index is -0.398. The fourth-order valence-electron chi connectivity index (χ4n) is 6.17. The van der Waals surface area contributed by atoms with Crippen molar-refractivity contribution in [2.24, 2.45) is 5.92 Å². The zero-order valence-electron chi connectivity index (χ0n) is 23.3. The molecule has 2 aliphatic heterocycles. The lowest BCUT2D eigenvalue weighted by molar-refractivity contribution is -0.120. The normalized spacial score (nSPS) is 16.3. The van der Waals surface area contributed by atoms with Gasteiger partial charge in [-0.15, -0.1) is 0 Å². The van der Waals surface area contributed by atoms with Crippen molar-refractivity contribution in [1.82, 2.24) is 9.88 Å². The summed E-state index contributed by atoms with van der Waals surface area (Å²) in [6.07, 6.45) is 4.42. The largest absolute Gasteiger partial charge is 0.370 e. The molecule has 0 atom stereocenters. The minimum Gasteiger partial charge on any atom is -0.370 e. The number of hydrogen-bond donors (Lipinski definition) is 0. The van der Waals surface area contributed by atoms with E-state index in [1.165, 1.54) is 23.3 Å². The molecule has 2 aromatic carbocycles. The first-order valence-electron chi connectivity index (χ1n) is 13.8. The van der Waals surface area contributed by atoms with E-state index < -0.39 is 5.82 Å². The molecule has 40 heavy (non-hydrogen) atoms. The summed E-state index contributed by atoms with van der Waals surface area (Å²) < 4.78 is 13.6. The van der Waals surface area contributed by atoms with Gasteiger partial charge in [0.05, 0.1) is 11.3 Å². The standard InChI is InChI=1S/C32H34FN5O2/c1-21-16-22(2)31(32(40)37-14-15-38(30(39)20-37)29-6-4-5-11-35-29)23(3)27(21)17-24-9-12-36(13-10-24)28-8-7-26(33)18-25(28)19-34/h4-8,11,16,18,24H,9-10,12-15,17,20H2,1-3H3. The summed E-state index contributed by atoms with van der Waals surface area (Å²) in [6, 6.07) is 14.1. The second-order valence-electron chi connectivity index (χ2n) is 10.9. The number of carbonyl (C=O) groups excluding carboxylic acids is 2. The molecule has 206 valence electrons.